The molecule has 1 heterocycles. The molecule has 1 fully saturated rings. The van der Waals surface area contributed by atoms with Crippen LogP contribution in [0.3, 0.4) is 0 Å². The second-order valence-electron chi connectivity index (χ2n) is 7.06. The van der Waals surface area contributed by atoms with Gasteiger partial charge in [-0.15, -0.1) is 0 Å². The molecule has 1 aliphatic heterocycles. The van der Waals surface area contributed by atoms with Crippen molar-refractivity contribution in [1.29, 1.82) is 0 Å². The van der Waals surface area contributed by atoms with Crippen molar-refractivity contribution in [3.8, 4) is 5.75 Å². The molecule has 3 rings (SSSR count). The molecule has 2 aromatic carbocycles. The maximum atomic E-state index is 13.1. The van der Waals surface area contributed by atoms with E-state index in [0.29, 0.717) is 36.0 Å². The van der Waals surface area contributed by atoms with Crippen LogP contribution in [-0.4, -0.2) is 38.8 Å². The number of carbonyl (C=O) groups excluding carboxylic acids is 1. The summed E-state index contributed by atoms with van der Waals surface area (Å²) in [6.45, 7) is 1.37. The summed E-state index contributed by atoms with van der Waals surface area (Å²) >= 11 is 5.94. The van der Waals surface area contributed by atoms with Crippen molar-refractivity contribution >= 4 is 33.6 Å². The Labute approximate surface area is 182 Å². The molecule has 1 amide bonds. The van der Waals surface area contributed by atoms with E-state index in [2.05, 4.69) is 5.32 Å². The summed E-state index contributed by atoms with van der Waals surface area (Å²) in [6.07, 6.45) is 5.71. The maximum Gasteiger partial charge on any atom is 0.246 e. The molecule has 1 saturated heterocycles. The lowest BCUT2D eigenvalue weighted by atomic mass is 10.2. The number of hydrogen-bond donors (Lipinski definition) is 1. The fourth-order valence-electron chi connectivity index (χ4n) is 3.31. The molecule has 30 heavy (non-hydrogen) atoms. The van der Waals surface area contributed by atoms with Gasteiger partial charge in [-0.2, -0.15) is 4.31 Å². The maximum absolute atomic E-state index is 13.1. The fraction of sp³-hybridized carbons (Fsp3) is 0.318. The second-order valence-corrected chi connectivity index (χ2v) is 9.40. The summed E-state index contributed by atoms with van der Waals surface area (Å²) in [7, 11) is -2.21. The first-order chi connectivity index (χ1) is 14.4. The summed E-state index contributed by atoms with van der Waals surface area (Å²) in [5.41, 5.74) is 1.49. The first kappa shape index (κ1) is 22.3. The normalized spacial score (nSPS) is 15.3. The zero-order chi connectivity index (χ0) is 21.6. The van der Waals surface area contributed by atoms with Crippen molar-refractivity contribution in [1.82, 2.24) is 9.62 Å². The number of benzene rings is 2. The lowest BCUT2D eigenvalue weighted by Crippen LogP contribution is -2.35. The van der Waals surface area contributed by atoms with Crippen LogP contribution >= 0.6 is 11.6 Å². The number of nitrogens with one attached hydrogen (secondary N) is 1. The average Bonchev–Trinajstić information content (AvgIpc) is 2.76. The van der Waals surface area contributed by atoms with Crippen LogP contribution in [0, 0.1) is 0 Å². The van der Waals surface area contributed by atoms with Gasteiger partial charge in [0.15, 0.2) is 0 Å². The summed E-state index contributed by atoms with van der Waals surface area (Å²) < 4.78 is 32.9. The van der Waals surface area contributed by atoms with Crippen molar-refractivity contribution in [2.24, 2.45) is 0 Å². The van der Waals surface area contributed by atoms with Gasteiger partial charge in [0.05, 0.1) is 7.11 Å². The predicted molar refractivity (Wildman–Crippen MR) is 118 cm³/mol. The van der Waals surface area contributed by atoms with E-state index in [9.17, 15) is 13.2 Å². The molecule has 0 aliphatic carbocycles. The van der Waals surface area contributed by atoms with Crippen LogP contribution in [0.5, 0.6) is 5.75 Å². The number of hydrogen-bond acceptors (Lipinski definition) is 4. The molecule has 0 saturated carbocycles. The van der Waals surface area contributed by atoms with E-state index in [1.165, 1.54) is 17.5 Å². The van der Waals surface area contributed by atoms with Crippen molar-refractivity contribution in [3.63, 3.8) is 0 Å². The third kappa shape index (κ3) is 5.62. The number of sulfonamides is 1. The summed E-state index contributed by atoms with van der Waals surface area (Å²) in [6, 6.07) is 12.1. The quantitative estimate of drug-likeness (QED) is 0.653. The summed E-state index contributed by atoms with van der Waals surface area (Å²) in [4.78, 5) is 12.3. The summed E-state index contributed by atoms with van der Waals surface area (Å²) in [5, 5.41) is 3.39. The van der Waals surface area contributed by atoms with Gasteiger partial charge in [-0.1, -0.05) is 36.2 Å². The molecule has 0 aromatic heterocycles. The van der Waals surface area contributed by atoms with E-state index in [1.54, 1.807) is 36.4 Å². The standard InChI is InChI=1S/C22H25ClN2O4S/c1-29-20-10-8-17(15-21(20)30(27,28)25-12-3-2-4-13-25)9-11-22(26)24-16-18-6-5-7-19(23)14-18/h5-11,14-15H,2-4,12-13,16H2,1H3,(H,24,26). The molecule has 2 aromatic rings. The minimum Gasteiger partial charge on any atom is -0.495 e. The largest absolute Gasteiger partial charge is 0.495 e. The lowest BCUT2D eigenvalue weighted by Gasteiger charge is -2.26. The van der Waals surface area contributed by atoms with Crippen LogP contribution in [0.25, 0.3) is 6.08 Å². The van der Waals surface area contributed by atoms with E-state index in [1.807, 2.05) is 12.1 Å². The Balaban J connectivity index is 1.73. The third-order valence-electron chi connectivity index (χ3n) is 4.90. The fourth-order valence-corrected chi connectivity index (χ4v) is 5.23. The van der Waals surface area contributed by atoms with Gasteiger partial charge in [-0.3, -0.25) is 4.79 Å². The van der Waals surface area contributed by atoms with Gasteiger partial charge in [0, 0.05) is 30.7 Å². The molecule has 1 N–H and O–H groups in total. The number of carbonyl (C=O) groups is 1. The molecule has 160 valence electrons. The van der Waals surface area contributed by atoms with Crippen molar-refractivity contribution in [3.05, 3.63) is 64.7 Å². The second kappa shape index (κ2) is 10.1. The number of methoxy groups -OCH3 is 1. The molecule has 0 unspecified atom stereocenters. The predicted octanol–water partition coefficient (Wildman–Crippen LogP) is 3.85. The van der Waals surface area contributed by atoms with Gasteiger partial charge in [0.25, 0.3) is 0 Å². The molecular formula is C22H25ClN2O4S. The highest BCUT2D eigenvalue weighted by molar-refractivity contribution is 7.89. The first-order valence-corrected chi connectivity index (χ1v) is 11.6. The molecule has 0 spiro atoms. The number of nitrogens with zero attached hydrogens (tertiary/aromatic N) is 1. The van der Waals surface area contributed by atoms with Crippen molar-refractivity contribution < 1.29 is 17.9 Å². The number of rotatable bonds is 7. The van der Waals surface area contributed by atoms with Crippen molar-refractivity contribution in [2.75, 3.05) is 20.2 Å². The van der Waals surface area contributed by atoms with Crippen LogP contribution in [0.4, 0.5) is 0 Å². The van der Waals surface area contributed by atoms with Crippen LogP contribution in [0.2, 0.25) is 5.02 Å². The van der Waals surface area contributed by atoms with Crippen LogP contribution in [0.15, 0.2) is 53.4 Å². The SMILES string of the molecule is COc1ccc(C=CC(=O)NCc2cccc(Cl)c2)cc1S(=O)(=O)N1CCCCC1. The molecule has 0 radical (unpaired) electrons. The highest BCUT2D eigenvalue weighted by Gasteiger charge is 2.28. The Hall–Kier alpha value is -2.35. The van der Waals surface area contributed by atoms with Gasteiger partial charge >= 0.3 is 0 Å². The van der Waals surface area contributed by atoms with Gasteiger partial charge in [0.1, 0.15) is 10.6 Å². The monoisotopic (exact) mass is 448 g/mol. The Morgan fingerprint density at radius 2 is 1.93 bits per heavy atom. The average molecular weight is 449 g/mol. The van der Waals surface area contributed by atoms with E-state index in [-0.39, 0.29) is 10.8 Å². The van der Waals surface area contributed by atoms with Gasteiger partial charge in [-0.05, 0) is 54.3 Å². The Bertz CT molecular complexity index is 1030. The zero-order valence-electron chi connectivity index (χ0n) is 16.8. The first-order valence-electron chi connectivity index (χ1n) is 9.79. The molecule has 0 bridgehead atoms. The number of amides is 1. The Morgan fingerprint density at radius 1 is 1.17 bits per heavy atom. The van der Waals surface area contributed by atoms with Crippen LogP contribution < -0.4 is 10.1 Å². The molecule has 8 heteroatoms. The summed E-state index contributed by atoms with van der Waals surface area (Å²) in [5.74, 6) is 0.00867. The smallest absolute Gasteiger partial charge is 0.246 e. The number of ether oxygens (including phenoxy) is 1. The minimum absolute atomic E-state index is 0.119. The lowest BCUT2D eigenvalue weighted by molar-refractivity contribution is -0.116. The third-order valence-corrected chi connectivity index (χ3v) is 7.06. The van der Waals surface area contributed by atoms with E-state index < -0.39 is 10.0 Å². The molecule has 6 nitrogen and oxygen atoms in total. The highest BCUT2D eigenvalue weighted by atomic mass is 35.5. The molecule has 1 aliphatic rings. The zero-order valence-corrected chi connectivity index (χ0v) is 18.4. The van der Waals surface area contributed by atoms with E-state index in [4.69, 9.17) is 16.3 Å². The minimum atomic E-state index is -3.65. The van der Waals surface area contributed by atoms with Gasteiger partial charge in [0.2, 0.25) is 15.9 Å². The number of piperidine rings is 1. The van der Waals surface area contributed by atoms with Crippen LogP contribution in [0.1, 0.15) is 30.4 Å². The van der Waals surface area contributed by atoms with Crippen LogP contribution in [-0.2, 0) is 21.4 Å². The Kier molecular flexibility index (Phi) is 7.53. The highest BCUT2D eigenvalue weighted by Crippen LogP contribution is 2.30. The Morgan fingerprint density at radius 3 is 2.63 bits per heavy atom. The molecular weight excluding hydrogens is 424 g/mol. The topological polar surface area (TPSA) is 75.7 Å². The van der Waals surface area contributed by atoms with Gasteiger partial charge < -0.3 is 10.1 Å². The van der Waals surface area contributed by atoms with E-state index in [0.717, 1.165) is 24.8 Å². The number of halogens is 1. The van der Waals surface area contributed by atoms with E-state index >= 15 is 0 Å². The van der Waals surface area contributed by atoms with Crippen molar-refractivity contribution in [2.45, 2.75) is 30.7 Å². The van der Waals surface area contributed by atoms with Gasteiger partial charge in [-0.25, -0.2) is 8.42 Å². The molecule has 0 atom stereocenters.